The molecule has 2 N–H and O–H groups in total. The van der Waals surface area contributed by atoms with E-state index in [0.29, 0.717) is 0 Å². The normalized spacial score (nSPS) is 10.3. The highest BCUT2D eigenvalue weighted by atomic mass is 16.6. The predicted molar refractivity (Wildman–Crippen MR) is 62.7 cm³/mol. The number of rotatable bonds is 4. The monoisotopic (exact) mass is 250 g/mol. The third-order valence-corrected chi connectivity index (χ3v) is 2.07. The zero-order valence-corrected chi connectivity index (χ0v) is 9.45. The van der Waals surface area contributed by atoms with Crippen molar-refractivity contribution < 1.29 is 19.2 Å². The summed E-state index contributed by atoms with van der Waals surface area (Å²) < 4.78 is 4.49. The van der Waals surface area contributed by atoms with Crippen molar-refractivity contribution in [3.05, 3.63) is 45.5 Å². The second-order valence-electron chi connectivity index (χ2n) is 3.26. The fourth-order valence-corrected chi connectivity index (χ4v) is 1.27. The van der Waals surface area contributed by atoms with Gasteiger partial charge in [0.1, 0.15) is 0 Å². The average Bonchev–Trinajstić information content (AvgIpc) is 2.34. The summed E-state index contributed by atoms with van der Waals surface area (Å²) in [5.74, 6) is -1.37. The minimum absolute atomic E-state index is 0.0988. The Kier molecular flexibility index (Phi) is 4.14. The molecule has 0 aromatic heterocycles. The Balaban J connectivity index is 3.28. The van der Waals surface area contributed by atoms with E-state index in [1.54, 1.807) is 0 Å². The number of nitrogens with two attached hydrogens (primary N) is 1. The molecule has 0 saturated carbocycles. The summed E-state index contributed by atoms with van der Waals surface area (Å²) in [6, 6.07) is 3.68. The SMILES string of the molecule is COC(=O)c1ccc([N+](=O)[O-])c(/C=C\C(N)=O)c1. The first-order chi connectivity index (χ1) is 8.45. The molecule has 0 bridgehead atoms. The highest BCUT2D eigenvalue weighted by molar-refractivity contribution is 5.93. The van der Waals surface area contributed by atoms with Gasteiger partial charge in [-0.25, -0.2) is 4.79 Å². The Hall–Kier alpha value is -2.70. The summed E-state index contributed by atoms with van der Waals surface area (Å²) in [6.07, 6.45) is 2.15. The Morgan fingerprint density at radius 2 is 2.11 bits per heavy atom. The summed E-state index contributed by atoms with van der Waals surface area (Å²) in [6.45, 7) is 0. The van der Waals surface area contributed by atoms with Gasteiger partial charge in [-0.05, 0) is 18.2 Å². The number of carbonyl (C=O) groups excluding carboxylic acids is 2. The first kappa shape index (κ1) is 13.4. The first-order valence-corrected chi connectivity index (χ1v) is 4.80. The van der Waals surface area contributed by atoms with Crippen LogP contribution in [0.4, 0.5) is 5.69 Å². The lowest BCUT2D eigenvalue weighted by Crippen LogP contribution is -2.06. The van der Waals surface area contributed by atoms with E-state index in [9.17, 15) is 19.7 Å². The van der Waals surface area contributed by atoms with Gasteiger partial charge in [0.2, 0.25) is 5.91 Å². The number of esters is 1. The summed E-state index contributed by atoms with van der Waals surface area (Å²) in [5, 5.41) is 10.8. The first-order valence-electron chi connectivity index (χ1n) is 4.80. The third-order valence-electron chi connectivity index (χ3n) is 2.07. The number of methoxy groups -OCH3 is 1. The van der Waals surface area contributed by atoms with Crippen molar-refractivity contribution in [2.45, 2.75) is 0 Å². The molecule has 7 heteroatoms. The molecule has 1 aromatic carbocycles. The second kappa shape index (κ2) is 5.58. The number of benzene rings is 1. The van der Waals surface area contributed by atoms with Crippen LogP contribution in [0.1, 0.15) is 15.9 Å². The van der Waals surface area contributed by atoms with Crippen LogP contribution >= 0.6 is 0 Å². The van der Waals surface area contributed by atoms with Crippen molar-refractivity contribution in [1.29, 1.82) is 0 Å². The van der Waals surface area contributed by atoms with E-state index >= 15 is 0 Å². The van der Waals surface area contributed by atoms with Crippen LogP contribution in [0.15, 0.2) is 24.3 Å². The molecule has 0 aliphatic rings. The van der Waals surface area contributed by atoms with E-state index in [-0.39, 0.29) is 16.8 Å². The molecule has 18 heavy (non-hydrogen) atoms. The summed E-state index contributed by atoms with van der Waals surface area (Å²) in [7, 11) is 1.20. The number of nitro benzene ring substituents is 1. The quantitative estimate of drug-likeness (QED) is 0.369. The zero-order valence-electron chi connectivity index (χ0n) is 9.45. The number of nitrogens with zero attached hydrogens (tertiary/aromatic N) is 1. The third kappa shape index (κ3) is 3.14. The van der Waals surface area contributed by atoms with Gasteiger partial charge in [-0.15, -0.1) is 0 Å². The zero-order chi connectivity index (χ0) is 13.7. The predicted octanol–water partition coefficient (Wildman–Crippen LogP) is 0.880. The van der Waals surface area contributed by atoms with Crippen LogP contribution in [-0.4, -0.2) is 23.9 Å². The van der Waals surface area contributed by atoms with Crippen LogP contribution in [0.5, 0.6) is 0 Å². The molecule has 1 aromatic rings. The molecular formula is C11H10N2O5. The topological polar surface area (TPSA) is 113 Å². The van der Waals surface area contributed by atoms with Gasteiger partial charge in [0.05, 0.1) is 23.2 Å². The van der Waals surface area contributed by atoms with Gasteiger partial charge in [-0.3, -0.25) is 14.9 Å². The van der Waals surface area contributed by atoms with E-state index in [2.05, 4.69) is 4.74 Å². The smallest absolute Gasteiger partial charge is 0.337 e. The lowest BCUT2D eigenvalue weighted by Gasteiger charge is -2.01. The lowest BCUT2D eigenvalue weighted by molar-refractivity contribution is -0.385. The van der Waals surface area contributed by atoms with Crippen LogP contribution < -0.4 is 5.73 Å². The number of hydrogen-bond acceptors (Lipinski definition) is 5. The molecule has 0 radical (unpaired) electrons. The molecule has 1 rings (SSSR count). The maximum Gasteiger partial charge on any atom is 0.337 e. The van der Waals surface area contributed by atoms with Gasteiger partial charge in [0.15, 0.2) is 0 Å². The Morgan fingerprint density at radius 1 is 1.44 bits per heavy atom. The highest BCUT2D eigenvalue weighted by Crippen LogP contribution is 2.21. The van der Waals surface area contributed by atoms with Crippen molar-refractivity contribution in [3.63, 3.8) is 0 Å². The molecule has 94 valence electrons. The minimum atomic E-state index is -0.743. The average molecular weight is 250 g/mol. The lowest BCUT2D eigenvalue weighted by atomic mass is 10.1. The molecular weight excluding hydrogens is 240 g/mol. The molecule has 0 aliphatic carbocycles. The number of carbonyl (C=O) groups is 2. The number of ether oxygens (including phenoxy) is 1. The Labute approximate surface area is 102 Å². The maximum absolute atomic E-state index is 11.3. The molecule has 0 atom stereocenters. The van der Waals surface area contributed by atoms with Crippen molar-refractivity contribution in [1.82, 2.24) is 0 Å². The van der Waals surface area contributed by atoms with Crippen LogP contribution in [-0.2, 0) is 9.53 Å². The largest absolute Gasteiger partial charge is 0.465 e. The van der Waals surface area contributed by atoms with Crippen LogP contribution in [0.25, 0.3) is 6.08 Å². The molecule has 0 aliphatic heterocycles. The van der Waals surface area contributed by atoms with Gasteiger partial charge in [0.25, 0.3) is 5.69 Å². The fourth-order valence-electron chi connectivity index (χ4n) is 1.27. The molecule has 0 spiro atoms. The highest BCUT2D eigenvalue weighted by Gasteiger charge is 2.15. The standard InChI is InChI=1S/C11H10N2O5/c1-18-11(15)8-2-4-9(13(16)17)7(6-8)3-5-10(12)14/h2-6H,1H3,(H2,12,14)/b5-3-. The van der Waals surface area contributed by atoms with E-state index in [4.69, 9.17) is 5.73 Å². The van der Waals surface area contributed by atoms with Gasteiger partial charge >= 0.3 is 5.97 Å². The number of amides is 1. The number of nitro groups is 1. The van der Waals surface area contributed by atoms with Crippen molar-refractivity contribution in [3.8, 4) is 0 Å². The molecule has 0 unspecified atom stereocenters. The van der Waals surface area contributed by atoms with Gasteiger partial charge in [0, 0.05) is 12.1 Å². The minimum Gasteiger partial charge on any atom is -0.465 e. The van der Waals surface area contributed by atoms with Crippen LogP contribution in [0, 0.1) is 10.1 Å². The van der Waals surface area contributed by atoms with Crippen LogP contribution in [0.2, 0.25) is 0 Å². The van der Waals surface area contributed by atoms with Crippen LogP contribution in [0.3, 0.4) is 0 Å². The van der Waals surface area contributed by atoms with Crippen molar-refractivity contribution in [2.24, 2.45) is 5.73 Å². The number of primary amides is 1. The molecule has 0 heterocycles. The summed E-state index contributed by atoms with van der Waals surface area (Å²) >= 11 is 0. The molecule has 1 amide bonds. The van der Waals surface area contributed by atoms with Crippen molar-refractivity contribution in [2.75, 3.05) is 7.11 Å². The number of hydrogen-bond donors (Lipinski definition) is 1. The molecule has 0 fully saturated rings. The Bertz CT molecular complexity index is 536. The van der Waals surface area contributed by atoms with E-state index in [1.165, 1.54) is 25.3 Å². The van der Waals surface area contributed by atoms with Gasteiger partial charge < -0.3 is 10.5 Å². The van der Waals surface area contributed by atoms with E-state index in [0.717, 1.165) is 12.1 Å². The summed E-state index contributed by atoms with van der Waals surface area (Å²) in [5.41, 5.74) is 4.91. The van der Waals surface area contributed by atoms with E-state index in [1.807, 2.05) is 0 Å². The van der Waals surface area contributed by atoms with Gasteiger partial charge in [-0.1, -0.05) is 0 Å². The maximum atomic E-state index is 11.3. The Morgan fingerprint density at radius 3 is 2.61 bits per heavy atom. The second-order valence-corrected chi connectivity index (χ2v) is 3.26. The van der Waals surface area contributed by atoms with E-state index < -0.39 is 16.8 Å². The molecule has 0 saturated heterocycles. The van der Waals surface area contributed by atoms with Gasteiger partial charge in [-0.2, -0.15) is 0 Å². The molecule has 7 nitrogen and oxygen atoms in total. The fraction of sp³-hybridized carbons (Fsp3) is 0.0909. The summed E-state index contributed by atoms with van der Waals surface area (Å²) in [4.78, 5) is 32.0. The van der Waals surface area contributed by atoms with Crippen molar-refractivity contribution >= 4 is 23.6 Å².